The van der Waals surface area contributed by atoms with E-state index in [1.54, 1.807) is 0 Å². The Hall–Kier alpha value is -1.83. The number of hydrogen-bond acceptors (Lipinski definition) is 1. The van der Waals surface area contributed by atoms with Crippen LogP contribution in [0.5, 0.6) is 0 Å². The van der Waals surface area contributed by atoms with Crippen LogP contribution < -0.4 is 4.90 Å². The van der Waals surface area contributed by atoms with Crippen molar-refractivity contribution in [2.75, 3.05) is 4.90 Å². The van der Waals surface area contributed by atoms with E-state index in [2.05, 4.69) is 12.1 Å². The van der Waals surface area contributed by atoms with E-state index < -0.39 is 0 Å². The monoisotopic (exact) mass is 419 g/mol. The van der Waals surface area contributed by atoms with Gasteiger partial charge in [0.25, 0.3) is 5.91 Å². The Kier molecular flexibility index (Phi) is 8.15. The van der Waals surface area contributed by atoms with E-state index in [-0.39, 0.29) is 23.0 Å². The fraction of sp³-hybridized carbons (Fsp3) is 0.0385. The number of fused-ring (bicyclic) bond motifs is 1. The van der Waals surface area contributed by atoms with Crippen molar-refractivity contribution in [1.82, 2.24) is 0 Å². The molecule has 0 saturated heterocycles. The fourth-order valence-electron chi connectivity index (χ4n) is 3.34. The normalized spacial score (nSPS) is 19.7. The van der Waals surface area contributed by atoms with Crippen molar-refractivity contribution in [3.63, 3.8) is 0 Å². The first kappa shape index (κ1) is 21.9. The van der Waals surface area contributed by atoms with Crippen LogP contribution in [0, 0.1) is 63.7 Å². The van der Waals surface area contributed by atoms with Crippen molar-refractivity contribution >= 4 is 17.2 Å². The third-order valence-electron chi connectivity index (χ3n) is 4.70. The van der Waals surface area contributed by atoms with Crippen molar-refractivity contribution in [1.29, 1.82) is 0 Å². The molecular weight excluding hydrogens is 398 g/mol. The van der Waals surface area contributed by atoms with Crippen LogP contribution in [0.25, 0.3) is 5.57 Å². The number of carbonyl (C=O) groups excluding carboxylic acids is 1. The summed E-state index contributed by atoms with van der Waals surface area (Å²) in [5, 5.41) is 0. The molecule has 1 aliphatic heterocycles. The van der Waals surface area contributed by atoms with Crippen LogP contribution in [0.2, 0.25) is 0 Å². The maximum atomic E-state index is 13.0. The molecule has 2 aromatic rings. The molecule has 2 saturated carbocycles. The maximum Gasteiger partial charge on any atom is 2.00 e. The molecule has 5 rings (SSSR count). The summed E-state index contributed by atoms with van der Waals surface area (Å²) in [6, 6.07) is 18.1. The van der Waals surface area contributed by atoms with Crippen LogP contribution in [0.4, 0.5) is 5.69 Å². The van der Waals surface area contributed by atoms with Gasteiger partial charge in [-0.1, -0.05) is 54.6 Å². The average Bonchev–Trinajstić information content (AvgIpc) is 3.50. The van der Waals surface area contributed by atoms with Crippen LogP contribution in [0.1, 0.15) is 11.1 Å². The summed E-state index contributed by atoms with van der Waals surface area (Å²) in [5.41, 5.74) is 3.89. The Morgan fingerprint density at radius 3 is 1.97 bits per heavy atom. The summed E-state index contributed by atoms with van der Waals surface area (Å²) in [7, 11) is 0. The van der Waals surface area contributed by atoms with Gasteiger partial charge in [0.15, 0.2) is 0 Å². The van der Waals surface area contributed by atoms with E-state index >= 15 is 0 Å². The van der Waals surface area contributed by atoms with Crippen molar-refractivity contribution < 1.29 is 21.9 Å². The molecule has 29 heavy (non-hydrogen) atoms. The first-order valence-corrected chi connectivity index (χ1v) is 9.38. The van der Waals surface area contributed by atoms with Gasteiger partial charge < -0.3 is 4.90 Å². The van der Waals surface area contributed by atoms with Gasteiger partial charge in [0.05, 0.1) is 12.2 Å². The zero-order valence-corrected chi connectivity index (χ0v) is 17.0. The number of carbonyl (C=O) groups is 1. The van der Waals surface area contributed by atoms with Gasteiger partial charge in [0.1, 0.15) is 0 Å². The number of amides is 1. The Bertz CT molecular complexity index is 812. The molecular formula is C26H21FeNO+2. The Morgan fingerprint density at radius 2 is 1.31 bits per heavy atom. The summed E-state index contributed by atoms with van der Waals surface area (Å²) in [6.45, 7) is 0.592. The van der Waals surface area contributed by atoms with E-state index in [1.807, 2.05) is 111 Å². The largest absolute Gasteiger partial charge is 2.00 e. The molecule has 142 valence electrons. The molecule has 0 spiro atoms. The first-order valence-electron chi connectivity index (χ1n) is 9.38. The van der Waals surface area contributed by atoms with E-state index in [0.717, 1.165) is 28.3 Å². The minimum atomic E-state index is 0. The van der Waals surface area contributed by atoms with Gasteiger partial charge in [-0.25, -0.2) is 0 Å². The summed E-state index contributed by atoms with van der Waals surface area (Å²) in [4.78, 5) is 14.8. The van der Waals surface area contributed by atoms with Crippen LogP contribution in [0.15, 0.2) is 60.7 Å². The van der Waals surface area contributed by atoms with Crippen LogP contribution in [-0.4, -0.2) is 5.91 Å². The van der Waals surface area contributed by atoms with E-state index in [4.69, 9.17) is 0 Å². The van der Waals surface area contributed by atoms with E-state index in [1.165, 1.54) is 0 Å². The number of allylic oxidation sites excluding steroid dienone is 1. The molecule has 3 aliphatic rings. The molecule has 2 fully saturated rings. The second-order valence-electron chi connectivity index (χ2n) is 6.63. The van der Waals surface area contributed by atoms with Gasteiger partial charge in [-0.2, -0.15) is 0 Å². The topological polar surface area (TPSA) is 20.3 Å². The number of nitrogens with zero attached hydrogens (tertiary/aromatic N) is 1. The average molecular weight is 419 g/mol. The third-order valence-corrected chi connectivity index (χ3v) is 4.70. The second kappa shape index (κ2) is 10.8. The van der Waals surface area contributed by atoms with Crippen molar-refractivity contribution in [3.05, 3.63) is 136 Å². The standard InChI is InChI=1S/C21H16NO.C5H5.Fe/c23-21-19(14-16-8-4-5-9-16)18-12-6-7-13-20(18)22(21)15-17-10-2-1-3-11-17;1-2-4-5-3-1;/h1-14H,15H2;1-5H;/q;;+2/b19-14+;;. The predicted octanol–water partition coefficient (Wildman–Crippen LogP) is 5.04. The van der Waals surface area contributed by atoms with Crippen LogP contribution in [-0.2, 0) is 28.4 Å². The van der Waals surface area contributed by atoms with Crippen LogP contribution in [0.3, 0.4) is 0 Å². The van der Waals surface area contributed by atoms with E-state index in [9.17, 15) is 4.79 Å². The van der Waals surface area contributed by atoms with Gasteiger partial charge in [-0.3, -0.25) is 4.79 Å². The number of rotatable bonds is 3. The molecule has 3 heteroatoms. The first-order chi connectivity index (χ1) is 13.8. The fourth-order valence-corrected chi connectivity index (χ4v) is 3.34. The Labute approximate surface area is 185 Å². The zero-order valence-electron chi connectivity index (χ0n) is 15.9. The number of hydrogen-bond donors (Lipinski definition) is 0. The molecule has 2 nitrogen and oxygen atoms in total. The summed E-state index contributed by atoms with van der Waals surface area (Å²) in [6.07, 6.45) is 20.0. The molecule has 10 radical (unpaired) electrons. The van der Waals surface area contributed by atoms with Gasteiger partial charge in [0.2, 0.25) is 0 Å². The molecule has 0 unspecified atom stereocenters. The minimum absolute atomic E-state index is 0. The maximum absolute atomic E-state index is 13.0. The minimum Gasteiger partial charge on any atom is -0.303 e. The summed E-state index contributed by atoms with van der Waals surface area (Å²) < 4.78 is 0. The summed E-state index contributed by atoms with van der Waals surface area (Å²) in [5.74, 6) is 1.13. The van der Waals surface area contributed by atoms with Crippen molar-refractivity contribution in [2.24, 2.45) is 0 Å². The Balaban J connectivity index is 0.000000352. The number of para-hydroxylation sites is 1. The molecule has 0 bridgehead atoms. The quantitative estimate of drug-likeness (QED) is 0.504. The molecule has 2 aromatic carbocycles. The van der Waals surface area contributed by atoms with Gasteiger partial charge in [-0.15, -0.1) is 0 Å². The molecule has 0 atom stereocenters. The molecule has 2 aliphatic carbocycles. The van der Waals surface area contributed by atoms with E-state index in [0.29, 0.717) is 6.54 Å². The molecule has 1 amide bonds. The van der Waals surface area contributed by atoms with Crippen LogP contribution >= 0.6 is 0 Å². The molecule has 0 N–H and O–H groups in total. The smallest absolute Gasteiger partial charge is 0.303 e. The van der Waals surface area contributed by atoms with Crippen molar-refractivity contribution in [3.8, 4) is 0 Å². The van der Waals surface area contributed by atoms with Gasteiger partial charge in [-0.05, 0) is 69.4 Å². The van der Waals surface area contributed by atoms with Gasteiger partial charge in [0, 0.05) is 17.1 Å². The molecule has 1 heterocycles. The zero-order chi connectivity index (χ0) is 19.2. The van der Waals surface area contributed by atoms with Crippen molar-refractivity contribution in [2.45, 2.75) is 6.54 Å². The number of anilines is 1. The number of benzene rings is 2. The second-order valence-corrected chi connectivity index (χ2v) is 6.63. The van der Waals surface area contributed by atoms with Gasteiger partial charge >= 0.3 is 17.1 Å². The third kappa shape index (κ3) is 5.41. The predicted molar refractivity (Wildman–Crippen MR) is 114 cm³/mol. The SMILES string of the molecule is O=C1/C(=C/[C]2[CH][CH][CH][CH]2)c2ccccc2N1Cc1ccccc1.[CH]1[CH][CH][CH][CH]1.[Fe+2]. The summed E-state index contributed by atoms with van der Waals surface area (Å²) >= 11 is 0. The molecule has 0 aromatic heterocycles. The Morgan fingerprint density at radius 1 is 0.724 bits per heavy atom.